The summed E-state index contributed by atoms with van der Waals surface area (Å²) in [6.45, 7) is 0. The third kappa shape index (κ3) is 6.01. The Morgan fingerprint density at radius 3 is 2.73 bits per heavy atom. The number of nitrogens with zero attached hydrogens (tertiary/aromatic N) is 8. The first kappa shape index (κ1) is 26.9. The van der Waals surface area contributed by atoms with Crippen LogP contribution in [-0.2, 0) is 5.75 Å². The number of rotatable bonds is 10. The number of thioether (sulfide) groups is 1. The summed E-state index contributed by atoms with van der Waals surface area (Å²) in [5, 5.41) is 31.3. The van der Waals surface area contributed by atoms with Gasteiger partial charge in [-0.1, -0.05) is 11.3 Å². The number of benzene rings is 2. The predicted octanol–water partition coefficient (Wildman–Crippen LogP) is 3.27. The number of hydrogen-bond acceptors (Lipinski definition) is 13. The van der Waals surface area contributed by atoms with E-state index in [2.05, 4.69) is 40.8 Å². The van der Waals surface area contributed by atoms with Crippen molar-refractivity contribution in [3.63, 3.8) is 0 Å². The molecule has 0 spiro atoms. The van der Waals surface area contributed by atoms with Crippen molar-refractivity contribution < 1.29 is 19.1 Å². The fourth-order valence-corrected chi connectivity index (χ4v) is 4.54. The molecule has 0 unspecified atom stereocenters. The second kappa shape index (κ2) is 12.0. The van der Waals surface area contributed by atoms with Crippen LogP contribution in [0, 0.1) is 10.1 Å². The van der Waals surface area contributed by atoms with Crippen LogP contribution in [0.3, 0.4) is 0 Å². The Balaban J connectivity index is 1.39. The number of nitrogen functional groups attached to an aromatic ring is 1. The Kier molecular flexibility index (Phi) is 7.91. The normalized spacial score (nSPS) is 11.0. The zero-order valence-corrected chi connectivity index (χ0v) is 22.1. The van der Waals surface area contributed by atoms with Gasteiger partial charge >= 0.3 is 0 Å². The molecule has 3 heterocycles. The number of ether oxygens (including phenoxy) is 1. The highest BCUT2D eigenvalue weighted by Crippen LogP contribution is 2.28. The Morgan fingerprint density at radius 2 is 2.05 bits per heavy atom. The molecule has 0 bridgehead atoms. The number of aromatic nitrogens is 6. The second-order valence-corrected chi connectivity index (χ2v) is 9.20. The van der Waals surface area contributed by atoms with Gasteiger partial charge in [-0.25, -0.2) is 15.0 Å². The number of nitro groups is 1. The first-order valence-electron chi connectivity index (χ1n) is 11.8. The summed E-state index contributed by atoms with van der Waals surface area (Å²) < 4.78 is 11.2. The minimum atomic E-state index is -0.707. The van der Waals surface area contributed by atoms with Crippen molar-refractivity contribution in [2.75, 3.05) is 12.8 Å². The molecule has 0 saturated heterocycles. The van der Waals surface area contributed by atoms with Crippen molar-refractivity contribution in [3.05, 3.63) is 93.8 Å². The molecule has 206 valence electrons. The Morgan fingerprint density at radius 1 is 1.22 bits per heavy atom. The SMILES string of the molecule is COc1ccc(C=NNC(=O)c2c(-c3ccc([N+](=O)[O-])cc3)nnn2-c2nonc2N)cc1CSc1ccccn1. The summed E-state index contributed by atoms with van der Waals surface area (Å²) in [6.07, 6.45) is 3.20. The lowest BCUT2D eigenvalue weighted by atomic mass is 10.1. The second-order valence-electron chi connectivity index (χ2n) is 8.20. The average molecular weight is 573 g/mol. The van der Waals surface area contributed by atoms with Gasteiger partial charge in [-0.2, -0.15) is 9.78 Å². The van der Waals surface area contributed by atoms with Crippen molar-refractivity contribution in [2.45, 2.75) is 10.8 Å². The van der Waals surface area contributed by atoms with E-state index in [9.17, 15) is 14.9 Å². The minimum absolute atomic E-state index is 0.0648. The fraction of sp³-hybridized carbons (Fsp3) is 0.0800. The number of nitro benzene ring substituents is 1. The number of hydrazone groups is 1. The Labute approximate surface area is 235 Å². The maximum Gasteiger partial charge on any atom is 0.292 e. The Bertz CT molecular complexity index is 1720. The topological polar surface area (TPSA) is 202 Å². The van der Waals surface area contributed by atoms with Crippen molar-refractivity contribution >= 4 is 35.4 Å². The first-order chi connectivity index (χ1) is 19.9. The number of carbonyl (C=O) groups excluding carboxylic acids is 1. The van der Waals surface area contributed by atoms with Crippen molar-refractivity contribution in [2.24, 2.45) is 5.10 Å². The minimum Gasteiger partial charge on any atom is -0.496 e. The number of hydrogen-bond donors (Lipinski definition) is 2. The highest BCUT2D eigenvalue weighted by molar-refractivity contribution is 7.98. The molecule has 16 heteroatoms. The van der Waals surface area contributed by atoms with E-state index in [1.165, 1.54) is 30.5 Å². The van der Waals surface area contributed by atoms with Gasteiger partial charge in [0.15, 0.2) is 5.69 Å². The van der Waals surface area contributed by atoms with Crippen LogP contribution in [0.5, 0.6) is 5.75 Å². The monoisotopic (exact) mass is 572 g/mol. The van der Waals surface area contributed by atoms with Gasteiger partial charge in [-0.3, -0.25) is 14.9 Å². The average Bonchev–Trinajstić information content (AvgIpc) is 3.62. The van der Waals surface area contributed by atoms with Crippen LogP contribution in [0.4, 0.5) is 11.5 Å². The number of anilines is 1. The van der Waals surface area contributed by atoms with Crippen LogP contribution in [0.2, 0.25) is 0 Å². The number of carbonyl (C=O) groups is 1. The molecule has 0 atom stereocenters. The summed E-state index contributed by atoms with van der Waals surface area (Å²) in [7, 11) is 1.59. The van der Waals surface area contributed by atoms with E-state index in [1.54, 1.807) is 31.1 Å². The number of nitrogens with two attached hydrogens (primary N) is 1. The Hall–Kier alpha value is -5.64. The maximum absolute atomic E-state index is 13.3. The standard InChI is InChI=1S/C25H20N10O5S/c1-39-19-10-5-15(12-17(19)14-41-20-4-2-3-11-27-20)13-28-30-25(36)22-21(16-6-8-18(9-7-16)35(37)38)29-33-34(22)24-23(26)31-40-32-24/h2-13H,14H2,1H3,(H2,26,31)(H,30,36). The lowest BCUT2D eigenvalue weighted by molar-refractivity contribution is -0.384. The number of non-ortho nitro benzene ring substituents is 1. The van der Waals surface area contributed by atoms with Crippen molar-refractivity contribution in [1.29, 1.82) is 0 Å². The zero-order chi connectivity index (χ0) is 28.8. The van der Waals surface area contributed by atoms with Crippen molar-refractivity contribution in [3.8, 4) is 22.8 Å². The predicted molar refractivity (Wildman–Crippen MR) is 148 cm³/mol. The van der Waals surface area contributed by atoms with Gasteiger partial charge in [0.1, 0.15) is 11.4 Å². The van der Waals surface area contributed by atoms with Crippen molar-refractivity contribution in [1.82, 2.24) is 35.7 Å². The largest absolute Gasteiger partial charge is 0.496 e. The fourth-order valence-electron chi connectivity index (χ4n) is 3.70. The molecule has 0 aliphatic carbocycles. The summed E-state index contributed by atoms with van der Waals surface area (Å²) in [6, 6.07) is 16.6. The van der Waals surface area contributed by atoms with Gasteiger partial charge in [0.05, 0.1) is 23.3 Å². The van der Waals surface area contributed by atoms with E-state index in [-0.39, 0.29) is 28.7 Å². The van der Waals surface area contributed by atoms with E-state index >= 15 is 0 Å². The van der Waals surface area contributed by atoms with Crippen LogP contribution in [0.15, 0.2) is 81.6 Å². The third-order valence-electron chi connectivity index (χ3n) is 5.63. The van der Waals surface area contributed by atoms with Crippen LogP contribution in [0.1, 0.15) is 21.6 Å². The van der Waals surface area contributed by atoms with Crippen LogP contribution in [-0.4, -0.2) is 54.4 Å². The number of pyridine rings is 1. The van der Waals surface area contributed by atoms with E-state index in [1.807, 2.05) is 30.3 Å². The first-order valence-corrected chi connectivity index (χ1v) is 12.8. The van der Waals surface area contributed by atoms with Crippen LogP contribution in [0.25, 0.3) is 17.1 Å². The molecule has 1 amide bonds. The van der Waals surface area contributed by atoms with E-state index in [0.717, 1.165) is 15.3 Å². The van der Waals surface area contributed by atoms with Gasteiger partial charge in [-0.05, 0) is 58.3 Å². The molecule has 0 aliphatic rings. The van der Waals surface area contributed by atoms with E-state index in [4.69, 9.17) is 10.5 Å². The molecule has 0 aliphatic heterocycles. The molecule has 0 fully saturated rings. The zero-order valence-electron chi connectivity index (χ0n) is 21.2. The highest BCUT2D eigenvalue weighted by atomic mass is 32.2. The number of amides is 1. The molecule has 3 N–H and O–H groups in total. The number of nitrogens with one attached hydrogen (secondary N) is 1. The van der Waals surface area contributed by atoms with Gasteiger partial charge in [-0.15, -0.1) is 16.9 Å². The molecule has 2 aromatic carbocycles. The lowest BCUT2D eigenvalue weighted by Gasteiger charge is -2.09. The molecule has 41 heavy (non-hydrogen) atoms. The molecular weight excluding hydrogens is 552 g/mol. The number of methoxy groups -OCH3 is 1. The maximum atomic E-state index is 13.3. The van der Waals surface area contributed by atoms with Crippen LogP contribution >= 0.6 is 11.8 Å². The molecular formula is C25H20N10O5S. The third-order valence-corrected chi connectivity index (χ3v) is 6.62. The summed E-state index contributed by atoms with van der Waals surface area (Å²) >= 11 is 1.55. The molecule has 5 aromatic rings. The summed E-state index contributed by atoms with van der Waals surface area (Å²) in [5.74, 6) is 0.407. The quantitative estimate of drug-likeness (QED) is 0.107. The van der Waals surface area contributed by atoms with Gasteiger partial charge in [0.2, 0.25) is 11.6 Å². The van der Waals surface area contributed by atoms with Gasteiger partial charge in [0.25, 0.3) is 11.6 Å². The molecule has 5 rings (SSSR count). The van der Waals surface area contributed by atoms with E-state index in [0.29, 0.717) is 22.6 Å². The smallest absolute Gasteiger partial charge is 0.292 e. The van der Waals surface area contributed by atoms with Crippen LogP contribution < -0.4 is 15.9 Å². The van der Waals surface area contributed by atoms with Gasteiger partial charge < -0.3 is 10.5 Å². The lowest BCUT2D eigenvalue weighted by Crippen LogP contribution is -2.22. The highest BCUT2D eigenvalue weighted by Gasteiger charge is 2.26. The summed E-state index contributed by atoms with van der Waals surface area (Å²) in [4.78, 5) is 28.2. The molecule has 0 radical (unpaired) electrons. The molecule has 0 saturated carbocycles. The van der Waals surface area contributed by atoms with Gasteiger partial charge in [0, 0.05) is 35.2 Å². The van der Waals surface area contributed by atoms with E-state index < -0.39 is 10.8 Å². The molecule has 15 nitrogen and oxygen atoms in total. The molecule has 3 aromatic heterocycles. The summed E-state index contributed by atoms with van der Waals surface area (Å²) in [5.41, 5.74) is 10.2.